The van der Waals surface area contributed by atoms with Gasteiger partial charge in [-0.15, -0.1) is 0 Å². The molecule has 21 heavy (non-hydrogen) atoms. The fourth-order valence-electron chi connectivity index (χ4n) is 1.74. The highest BCUT2D eigenvalue weighted by atomic mass is 79.9. The molecule has 0 aliphatic rings. The first-order valence-electron chi connectivity index (χ1n) is 5.91. The zero-order valence-corrected chi connectivity index (χ0v) is 13.3. The van der Waals surface area contributed by atoms with Crippen molar-refractivity contribution >= 4 is 33.2 Å². The van der Waals surface area contributed by atoms with E-state index in [4.69, 9.17) is 21.1 Å². The molecule has 2 aromatic rings. The number of benzene rings is 2. The van der Waals surface area contributed by atoms with Gasteiger partial charge in [0.1, 0.15) is 18.1 Å². The van der Waals surface area contributed by atoms with Crippen LogP contribution < -0.4 is 9.47 Å². The SMILES string of the molecule is COc1ccc(OCc2c(Cl)cccc2[N+](=O)[O-])c(Br)c1. The van der Waals surface area contributed by atoms with E-state index in [-0.39, 0.29) is 12.3 Å². The minimum Gasteiger partial charge on any atom is -0.497 e. The van der Waals surface area contributed by atoms with Crippen molar-refractivity contribution in [3.8, 4) is 11.5 Å². The standard InChI is InChI=1S/C14H11BrClNO4/c1-20-9-5-6-14(11(15)7-9)21-8-10-12(16)3-2-4-13(10)17(18)19/h2-7H,8H2,1H3. The Morgan fingerprint density at radius 2 is 2.10 bits per heavy atom. The molecule has 2 rings (SSSR count). The van der Waals surface area contributed by atoms with Crippen LogP contribution in [-0.4, -0.2) is 12.0 Å². The number of hydrogen-bond donors (Lipinski definition) is 0. The van der Waals surface area contributed by atoms with Crippen LogP contribution in [0.2, 0.25) is 5.02 Å². The summed E-state index contributed by atoms with van der Waals surface area (Å²) >= 11 is 9.37. The fourth-order valence-corrected chi connectivity index (χ4v) is 2.43. The smallest absolute Gasteiger partial charge is 0.277 e. The van der Waals surface area contributed by atoms with Crippen LogP contribution in [0.15, 0.2) is 40.9 Å². The van der Waals surface area contributed by atoms with Gasteiger partial charge in [0.25, 0.3) is 5.69 Å². The van der Waals surface area contributed by atoms with Gasteiger partial charge in [0, 0.05) is 6.07 Å². The van der Waals surface area contributed by atoms with Crippen LogP contribution in [0.25, 0.3) is 0 Å². The molecule has 0 spiro atoms. The maximum Gasteiger partial charge on any atom is 0.277 e. The molecule has 0 saturated heterocycles. The van der Waals surface area contributed by atoms with Gasteiger partial charge in [0.15, 0.2) is 0 Å². The zero-order chi connectivity index (χ0) is 15.4. The molecule has 7 heteroatoms. The summed E-state index contributed by atoms with van der Waals surface area (Å²) in [6.45, 7) is 0.000908. The molecular weight excluding hydrogens is 362 g/mol. The quantitative estimate of drug-likeness (QED) is 0.568. The number of halogens is 2. The number of nitro benzene ring substituents is 1. The second-order valence-corrected chi connectivity index (χ2v) is 5.34. The number of nitrogens with zero attached hydrogens (tertiary/aromatic N) is 1. The largest absolute Gasteiger partial charge is 0.497 e. The van der Waals surface area contributed by atoms with E-state index in [2.05, 4.69) is 15.9 Å². The summed E-state index contributed by atoms with van der Waals surface area (Å²) < 4.78 is 11.4. The molecule has 0 heterocycles. The Hall–Kier alpha value is -1.79. The maximum atomic E-state index is 11.0. The Kier molecular flexibility index (Phi) is 5.03. The van der Waals surface area contributed by atoms with Crippen molar-refractivity contribution < 1.29 is 14.4 Å². The monoisotopic (exact) mass is 371 g/mol. The summed E-state index contributed by atoms with van der Waals surface area (Å²) in [6, 6.07) is 9.72. The van der Waals surface area contributed by atoms with Gasteiger partial charge >= 0.3 is 0 Å². The molecule has 2 aromatic carbocycles. The molecule has 0 N–H and O–H groups in total. The van der Waals surface area contributed by atoms with Crippen molar-refractivity contribution in [1.82, 2.24) is 0 Å². The Labute approximate surface area is 134 Å². The molecular formula is C14H11BrClNO4. The summed E-state index contributed by atoms with van der Waals surface area (Å²) in [7, 11) is 1.56. The third kappa shape index (κ3) is 3.65. The van der Waals surface area contributed by atoms with Gasteiger partial charge in [0.2, 0.25) is 0 Å². The second-order valence-electron chi connectivity index (χ2n) is 4.08. The van der Waals surface area contributed by atoms with Gasteiger partial charge in [-0.25, -0.2) is 0 Å². The van der Waals surface area contributed by atoms with Crippen molar-refractivity contribution in [2.45, 2.75) is 6.61 Å². The number of ether oxygens (including phenoxy) is 2. The number of rotatable bonds is 5. The summed E-state index contributed by atoms with van der Waals surface area (Å²) in [5, 5.41) is 11.3. The molecule has 0 aromatic heterocycles. The molecule has 0 unspecified atom stereocenters. The third-order valence-electron chi connectivity index (χ3n) is 2.80. The van der Waals surface area contributed by atoms with Gasteiger partial charge in [-0.05, 0) is 40.2 Å². The number of nitro groups is 1. The highest BCUT2D eigenvalue weighted by molar-refractivity contribution is 9.10. The van der Waals surface area contributed by atoms with Gasteiger partial charge in [-0.3, -0.25) is 10.1 Å². The molecule has 0 fully saturated rings. The highest BCUT2D eigenvalue weighted by Crippen LogP contribution is 2.32. The predicted octanol–water partition coefficient (Wildman–Crippen LogP) is 4.60. The summed E-state index contributed by atoms with van der Waals surface area (Å²) in [5.41, 5.74) is 0.277. The van der Waals surface area contributed by atoms with E-state index in [0.717, 1.165) is 0 Å². The molecule has 0 bridgehead atoms. The molecule has 0 atom stereocenters. The summed E-state index contributed by atoms with van der Waals surface area (Å²) in [6.07, 6.45) is 0. The zero-order valence-electron chi connectivity index (χ0n) is 11.0. The lowest BCUT2D eigenvalue weighted by Crippen LogP contribution is -2.02. The average Bonchev–Trinajstić information content (AvgIpc) is 2.46. The topological polar surface area (TPSA) is 61.6 Å². The van der Waals surface area contributed by atoms with Crippen molar-refractivity contribution in [2.24, 2.45) is 0 Å². The molecule has 0 saturated carbocycles. The Bertz CT molecular complexity index is 678. The number of methoxy groups -OCH3 is 1. The van der Waals surface area contributed by atoms with E-state index in [1.807, 2.05) is 0 Å². The molecule has 0 amide bonds. The van der Waals surface area contributed by atoms with E-state index in [0.29, 0.717) is 26.6 Å². The van der Waals surface area contributed by atoms with Crippen LogP contribution in [0.4, 0.5) is 5.69 Å². The van der Waals surface area contributed by atoms with Crippen molar-refractivity contribution in [3.63, 3.8) is 0 Å². The lowest BCUT2D eigenvalue weighted by Gasteiger charge is -2.10. The highest BCUT2D eigenvalue weighted by Gasteiger charge is 2.17. The van der Waals surface area contributed by atoms with E-state index < -0.39 is 4.92 Å². The average molecular weight is 373 g/mol. The van der Waals surface area contributed by atoms with Gasteiger partial charge in [-0.1, -0.05) is 17.7 Å². The van der Waals surface area contributed by atoms with Crippen molar-refractivity contribution in [2.75, 3.05) is 7.11 Å². The summed E-state index contributed by atoms with van der Waals surface area (Å²) in [4.78, 5) is 10.5. The van der Waals surface area contributed by atoms with Crippen molar-refractivity contribution in [3.05, 3.63) is 61.6 Å². The fraction of sp³-hybridized carbons (Fsp3) is 0.143. The minimum atomic E-state index is -0.479. The van der Waals surface area contributed by atoms with Crippen LogP contribution in [0.5, 0.6) is 11.5 Å². The normalized spacial score (nSPS) is 10.2. The first-order chi connectivity index (χ1) is 10.0. The Morgan fingerprint density at radius 1 is 1.33 bits per heavy atom. The van der Waals surface area contributed by atoms with E-state index in [1.54, 1.807) is 31.4 Å². The predicted molar refractivity (Wildman–Crippen MR) is 83.1 cm³/mol. The Balaban J connectivity index is 2.22. The molecule has 110 valence electrons. The van der Waals surface area contributed by atoms with Crippen LogP contribution in [0.3, 0.4) is 0 Å². The van der Waals surface area contributed by atoms with Crippen LogP contribution in [-0.2, 0) is 6.61 Å². The van der Waals surface area contributed by atoms with E-state index >= 15 is 0 Å². The second kappa shape index (κ2) is 6.78. The first-order valence-corrected chi connectivity index (χ1v) is 7.08. The van der Waals surface area contributed by atoms with Gasteiger partial charge < -0.3 is 9.47 Å². The molecule has 0 aliphatic carbocycles. The molecule has 5 nitrogen and oxygen atoms in total. The van der Waals surface area contributed by atoms with Crippen LogP contribution in [0.1, 0.15) is 5.56 Å². The molecule has 0 radical (unpaired) electrons. The van der Waals surface area contributed by atoms with Crippen LogP contribution in [0, 0.1) is 10.1 Å². The molecule has 0 aliphatic heterocycles. The van der Waals surface area contributed by atoms with E-state index in [1.165, 1.54) is 12.1 Å². The maximum absolute atomic E-state index is 11.0. The lowest BCUT2D eigenvalue weighted by atomic mass is 10.2. The third-order valence-corrected chi connectivity index (χ3v) is 3.78. The minimum absolute atomic E-state index is 0.000908. The van der Waals surface area contributed by atoms with Crippen molar-refractivity contribution in [1.29, 1.82) is 0 Å². The number of hydrogen-bond acceptors (Lipinski definition) is 4. The lowest BCUT2D eigenvalue weighted by molar-refractivity contribution is -0.385. The Morgan fingerprint density at radius 3 is 2.71 bits per heavy atom. The first kappa shape index (κ1) is 15.6. The van der Waals surface area contributed by atoms with E-state index in [9.17, 15) is 10.1 Å². The summed E-state index contributed by atoms with van der Waals surface area (Å²) in [5.74, 6) is 1.22. The van der Waals surface area contributed by atoms with Crippen LogP contribution >= 0.6 is 27.5 Å². The van der Waals surface area contributed by atoms with Gasteiger partial charge in [-0.2, -0.15) is 0 Å². The van der Waals surface area contributed by atoms with Gasteiger partial charge in [0.05, 0.1) is 27.1 Å².